The van der Waals surface area contributed by atoms with E-state index in [4.69, 9.17) is 32.9 Å². The number of esters is 1. The van der Waals surface area contributed by atoms with Crippen LogP contribution in [0.15, 0.2) is 12.1 Å². The molecule has 168 valence electrons. The van der Waals surface area contributed by atoms with Gasteiger partial charge in [-0.25, -0.2) is 14.8 Å². The number of hydrogen-bond acceptors (Lipinski definition) is 6. The number of anilines is 1. The molecule has 0 bridgehead atoms. The fraction of sp³-hybridized carbons (Fsp3) is 0.545. The monoisotopic (exact) mass is 466 g/mol. The van der Waals surface area contributed by atoms with Crippen LogP contribution in [-0.2, 0) is 9.53 Å². The molecule has 0 N–H and O–H groups in total. The lowest BCUT2D eigenvalue weighted by atomic mass is 10.1. The Morgan fingerprint density at radius 1 is 1.06 bits per heavy atom. The zero-order valence-electron chi connectivity index (χ0n) is 18.2. The van der Waals surface area contributed by atoms with Gasteiger partial charge in [-0.15, -0.1) is 0 Å². The Labute approximate surface area is 192 Å². The molecule has 0 aliphatic carbocycles. The van der Waals surface area contributed by atoms with Crippen LogP contribution >= 0.6 is 23.2 Å². The van der Waals surface area contributed by atoms with E-state index in [-0.39, 0.29) is 18.2 Å². The first-order valence-electron chi connectivity index (χ1n) is 10.7. The molecular weight excluding hydrogens is 439 g/mol. The van der Waals surface area contributed by atoms with E-state index < -0.39 is 5.97 Å². The van der Waals surface area contributed by atoms with Crippen molar-refractivity contribution in [1.29, 1.82) is 0 Å². The predicted octanol–water partition coefficient (Wildman–Crippen LogP) is 4.59. The van der Waals surface area contributed by atoms with Gasteiger partial charge in [0.15, 0.2) is 11.5 Å². The summed E-state index contributed by atoms with van der Waals surface area (Å²) < 4.78 is 5.22. The Hall–Kier alpha value is -2.12. The van der Waals surface area contributed by atoms with E-state index in [0.717, 1.165) is 12.8 Å². The first-order valence-corrected chi connectivity index (χ1v) is 11.4. The van der Waals surface area contributed by atoms with Gasteiger partial charge in [-0.3, -0.25) is 4.79 Å². The number of ether oxygens (including phenoxy) is 1. The number of benzene rings is 1. The summed E-state index contributed by atoms with van der Waals surface area (Å²) in [5, 5.41) is 0.715. The third-order valence-corrected chi connectivity index (χ3v) is 5.96. The topological polar surface area (TPSA) is 75.6 Å². The Balaban J connectivity index is 1.89. The molecule has 1 aromatic heterocycles. The lowest BCUT2D eigenvalue weighted by molar-refractivity contribution is -0.131. The van der Waals surface area contributed by atoms with E-state index in [1.807, 2.05) is 9.80 Å². The summed E-state index contributed by atoms with van der Waals surface area (Å²) in [5.41, 5.74) is 1.17. The summed E-state index contributed by atoms with van der Waals surface area (Å²) in [7, 11) is 0. The molecule has 0 atom stereocenters. The summed E-state index contributed by atoms with van der Waals surface area (Å²) in [6.45, 7) is 8.68. The van der Waals surface area contributed by atoms with Crippen LogP contribution in [0, 0.1) is 5.92 Å². The van der Waals surface area contributed by atoms with Gasteiger partial charge in [0.2, 0.25) is 5.91 Å². The number of nitrogens with zero attached hydrogens (tertiary/aromatic N) is 4. The van der Waals surface area contributed by atoms with Gasteiger partial charge < -0.3 is 14.5 Å². The first kappa shape index (κ1) is 23.5. The van der Waals surface area contributed by atoms with Crippen molar-refractivity contribution < 1.29 is 14.3 Å². The van der Waals surface area contributed by atoms with Gasteiger partial charge in [0.1, 0.15) is 0 Å². The molecule has 0 radical (unpaired) electrons. The summed E-state index contributed by atoms with van der Waals surface area (Å²) in [6, 6.07) is 3.24. The van der Waals surface area contributed by atoms with Gasteiger partial charge in [-0.1, -0.05) is 37.0 Å². The van der Waals surface area contributed by atoms with Crippen molar-refractivity contribution in [3.63, 3.8) is 0 Å². The molecule has 9 heteroatoms. The maximum Gasteiger partial charge on any atom is 0.360 e. The molecule has 31 heavy (non-hydrogen) atoms. The maximum atomic E-state index is 12.6. The van der Waals surface area contributed by atoms with Crippen LogP contribution in [0.5, 0.6) is 0 Å². The zero-order valence-corrected chi connectivity index (χ0v) is 19.7. The Kier molecular flexibility index (Phi) is 7.94. The number of carbonyl (C=O) groups excluding carboxylic acids is 2. The second-order valence-corrected chi connectivity index (χ2v) is 8.84. The molecule has 0 unspecified atom stereocenters. The van der Waals surface area contributed by atoms with E-state index in [1.54, 1.807) is 19.1 Å². The summed E-state index contributed by atoms with van der Waals surface area (Å²) >= 11 is 12.3. The minimum absolute atomic E-state index is 0.146. The van der Waals surface area contributed by atoms with Gasteiger partial charge in [-0.05, 0) is 37.8 Å². The van der Waals surface area contributed by atoms with Gasteiger partial charge in [-0.2, -0.15) is 0 Å². The van der Waals surface area contributed by atoms with Gasteiger partial charge >= 0.3 is 5.97 Å². The molecule has 1 fully saturated rings. The second-order valence-electron chi connectivity index (χ2n) is 8.03. The van der Waals surface area contributed by atoms with Crippen molar-refractivity contribution in [2.24, 2.45) is 5.92 Å². The number of amides is 1. The maximum absolute atomic E-state index is 12.6. The van der Waals surface area contributed by atoms with Crippen LogP contribution in [-0.4, -0.2) is 59.5 Å². The Morgan fingerprint density at radius 3 is 2.39 bits per heavy atom. The molecule has 1 amide bonds. The average Bonchev–Trinajstić information content (AvgIpc) is 2.98. The molecule has 7 nitrogen and oxygen atoms in total. The van der Waals surface area contributed by atoms with E-state index in [0.29, 0.717) is 65.4 Å². The van der Waals surface area contributed by atoms with Crippen LogP contribution in [0.25, 0.3) is 11.0 Å². The largest absolute Gasteiger partial charge is 0.461 e. The van der Waals surface area contributed by atoms with Gasteiger partial charge in [0, 0.05) is 32.6 Å². The third-order valence-electron chi connectivity index (χ3n) is 5.24. The smallest absolute Gasteiger partial charge is 0.360 e. The fourth-order valence-corrected chi connectivity index (χ4v) is 3.86. The molecular formula is C22H28Cl2N4O3. The molecule has 1 aliphatic rings. The molecule has 1 saturated heterocycles. The molecule has 2 aromatic rings. The normalized spacial score (nSPS) is 14.8. The van der Waals surface area contributed by atoms with E-state index in [1.165, 1.54) is 0 Å². The van der Waals surface area contributed by atoms with Crippen LogP contribution in [0.4, 0.5) is 5.82 Å². The van der Waals surface area contributed by atoms with Gasteiger partial charge in [0.05, 0.1) is 27.7 Å². The van der Waals surface area contributed by atoms with Crippen LogP contribution in [0.1, 0.15) is 50.5 Å². The Morgan fingerprint density at radius 2 is 1.74 bits per heavy atom. The molecule has 1 aromatic carbocycles. The number of carbonyl (C=O) groups is 2. The van der Waals surface area contributed by atoms with Gasteiger partial charge in [0.25, 0.3) is 0 Å². The highest BCUT2D eigenvalue weighted by Crippen LogP contribution is 2.29. The molecule has 0 spiro atoms. The predicted molar refractivity (Wildman–Crippen MR) is 123 cm³/mol. The van der Waals surface area contributed by atoms with E-state index in [2.05, 4.69) is 18.8 Å². The first-order chi connectivity index (χ1) is 14.8. The average molecular weight is 467 g/mol. The van der Waals surface area contributed by atoms with Crippen LogP contribution < -0.4 is 4.90 Å². The Bertz CT molecular complexity index is 967. The number of fused-ring (bicyclic) bond motifs is 1. The summed E-state index contributed by atoms with van der Waals surface area (Å²) in [4.78, 5) is 38.3. The van der Waals surface area contributed by atoms with Crippen molar-refractivity contribution in [2.75, 3.05) is 37.7 Å². The fourth-order valence-electron chi connectivity index (χ4n) is 3.55. The highest BCUT2D eigenvalue weighted by molar-refractivity contribution is 6.42. The highest BCUT2D eigenvalue weighted by Gasteiger charge is 2.26. The number of aromatic nitrogens is 2. The SMILES string of the molecule is CCOC(=O)c1nc2cc(Cl)c(Cl)cc2nc1N1CCCN(C(=O)CCC(C)C)CC1. The van der Waals surface area contributed by atoms with Crippen molar-refractivity contribution in [1.82, 2.24) is 14.9 Å². The molecule has 2 heterocycles. The lowest BCUT2D eigenvalue weighted by Crippen LogP contribution is -2.36. The molecule has 3 rings (SSSR count). The standard InChI is InChI=1S/C22H28Cl2N4O3/c1-4-31-22(30)20-21(26-18-13-16(24)15(23)12-17(18)25-20)28-9-5-8-27(10-11-28)19(29)7-6-14(2)3/h12-14H,4-11H2,1-3H3. The summed E-state index contributed by atoms with van der Waals surface area (Å²) in [5.74, 6) is 0.577. The minimum Gasteiger partial charge on any atom is -0.461 e. The number of halogens is 2. The van der Waals surface area contributed by atoms with Crippen molar-refractivity contribution in [2.45, 2.75) is 40.0 Å². The lowest BCUT2D eigenvalue weighted by Gasteiger charge is -2.24. The van der Waals surface area contributed by atoms with E-state index >= 15 is 0 Å². The third kappa shape index (κ3) is 5.77. The zero-order chi connectivity index (χ0) is 22.5. The van der Waals surface area contributed by atoms with Crippen molar-refractivity contribution in [3.8, 4) is 0 Å². The van der Waals surface area contributed by atoms with Crippen LogP contribution in [0.2, 0.25) is 10.0 Å². The summed E-state index contributed by atoms with van der Waals surface area (Å²) in [6.07, 6.45) is 2.21. The van der Waals surface area contributed by atoms with Crippen molar-refractivity contribution in [3.05, 3.63) is 27.9 Å². The highest BCUT2D eigenvalue weighted by atomic mass is 35.5. The number of hydrogen-bond donors (Lipinski definition) is 0. The van der Waals surface area contributed by atoms with Crippen LogP contribution in [0.3, 0.4) is 0 Å². The minimum atomic E-state index is -0.535. The van der Waals surface area contributed by atoms with E-state index in [9.17, 15) is 9.59 Å². The molecule has 1 aliphatic heterocycles. The second kappa shape index (κ2) is 10.5. The molecule has 0 saturated carbocycles. The van der Waals surface area contributed by atoms with Crippen molar-refractivity contribution >= 4 is 51.9 Å². The number of rotatable bonds is 6. The quantitative estimate of drug-likeness (QED) is 0.579.